The van der Waals surface area contributed by atoms with Gasteiger partial charge in [-0.2, -0.15) is 0 Å². The molecule has 94 valence electrons. The van der Waals surface area contributed by atoms with E-state index in [0.29, 0.717) is 11.1 Å². The Bertz CT molecular complexity index is 527. The fourth-order valence-corrected chi connectivity index (χ4v) is 2.08. The molecule has 0 amide bonds. The van der Waals surface area contributed by atoms with Crippen molar-refractivity contribution in [3.63, 3.8) is 0 Å². The molecule has 0 aliphatic heterocycles. The van der Waals surface area contributed by atoms with Crippen LogP contribution in [0, 0.1) is 0 Å². The maximum absolute atomic E-state index is 12.0. The Labute approximate surface area is 106 Å². The van der Waals surface area contributed by atoms with Crippen LogP contribution >= 0.6 is 0 Å². The first-order valence-electron chi connectivity index (χ1n) is 6.15. The van der Waals surface area contributed by atoms with Crippen molar-refractivity contribution >= 4 is 11.6 Å². The van der Waals surface area contributed by atoms with E-state index in [1.165, 1.54) is 13.2 Å². The van der Waals surface area contributed by atoms with Gasteiger partial charge in [-0.15, -0.1) is 0 Å². The smallest absolute Gasteiger partial charge is 0.228 e. The maximum Gasteiger partial charge on any atom is 0.228 e. The quantitative estimate of drug-likeness (QED) is 0.817. The number of ketones is 2. The zero-order chi connectivity index (χ0) is 13.1. The number of ether oxygens (including phenoxy) is 1. The summed E-state index contributed by atoms with van der Waals surface area (Å²) in [5, 5.41) is 0. The van der Waals surface area contributed by atoms with Crippen LogP contribution < -0.4 is 0 Å². The minimum atomic E-state index is -0.214. The van der Waals surface area contributed by atoms with Crippen LogP contribution in [0.1, 0.15) is 46.0 Å². The van der Waals surface area contributed by atoms with Gasteiger partial charge >= 0.3 is 0 Å². The first kappa shape index (κ1) is 12.6. The number of benzene rings is 1. The topological polar surface area (TPSA) is 43.4 Å². The lowest BCUT2D eigenvalue weighted by Gasteiger charge is -2.15. The molecular formula is C15H16O3. The molecule has 0 aromatic heterocycles. The van der Waals surface area contributed by atoms with Gasteiger partial charge in [-0.25, -0.2) is 0 Å². The highest BCUT2D eigenvalue weighted by Crippen LogP contribution is 2.23. The third-order valence-electron chi connectivity index (χ3n) is 3.12. The van der Waals surface area contributed by atoms with Crippen LogP contribution in [-0.4, -0.2) is 18.7 Å². The lowest BCUT2D eigenvalue weighted by molar-refractivity contribution is 0.0916. The number of methoxy groups -OCH3 is 1. The number of hydrogen-bond acceptors (Lipinski definition) is 3. The van der Waals surface area contributed by atoms with Gasteiger partial charge < -0.3 is 4.74 Å². The summed E-state index contributed by atoms with van der Waals surface area (Å²) in [6.45, 7) is 2.13. The van der Waals surface area contributed by atoms with Crippen LogP contribution in [-0.2, 0) is 11.2 Å². The number of hydrogen-bond donors (Lipinski definition) is 0. The zero-order valence-corrected chi connectivity index (χ0v) is 10.7. The Kier molecular flexibility index (Phi) is 3.60. The van der Waals surface area contributed by atoms with Gasteiger partial charge in [0.1, 0.15) is 0 Å². The highest BCUT2D eigenvalue weighted by atomic mass is 16.5. The highest BCUT2D eigenvalue weighted by Gasteiger charge is 2.26. The van der Waals surface area contributed by atoms with Gasteiger partial charge in [-0.1, -0.05) is 19.4 Å². The van der Waals surface area contributed by atoms with Crippen LogP contribution in [0.5, 0.6) is 0 Å². The molecule has 0 radical (unpaired) electrons. The summed E-state index contributed by atoms with van der Waals surface area (Å²) in [6.07, 6.45) is 4.40. The fraction of sp³-hybridized carbons (Fsp3) is 0.333. The van der Waals surface area contributed by atoms with E-state index < -0.39 is 0 Å². The van der Waals surface area contributed by atoms with Crippen molar-refractivity contribution in [1.82, 2.24) is 0 Å². The van der Waals surface area contributed by atoms with Crippen molar-refractivity contribution in [2.75, 3.05) is 7.11 Å². The lowest BCUT2D eigenvalue weighted by atomic mass is 9.91. The van der Waals surface area contributed by atoms with Gasteiger partial charge in [0.2, 0.25) is 5.78 Å². The molecule has 0 unspecified atom stereocenters. The number of fused-ring (bicyclic) bond motifs is 1. The number of allylic oxidation sites excluding steroid dienone is 2. The van der Waals surface area contributed by atoms with Crippen LogP contribution in [0.2, 0.25) is 0 Å². The molecule has 0 atom stereocenters. The molecule has 1 aromatic carbocycles. The van der Waals surface area contributed by atoms with E-state index in [1.807, 2.05) is 12.1 Å². The van der Waals surface area contributed by atoms with Gasteiger partial charge in [-0.05, 0) is 30.5 Å². The number of carbonyl (C=O) groups excluding carboxylic acids is 2. The SMILES string of the molecule is CCCCc1ccc2c(c1)C(=O)C=C(OC)C2=O. The lowest BCUT2D eigenvalue weighted by Crippen LogP contribution is -2.18. The molecule has 0 spiro atoms. The second-order valence-electron chi connectivity index (χ2n) is 4.39. The third-order valence-corrected chi connectivity index (χ3v) is 3.12. The summed E-state index contributed by atoms with van der Waals surface area (Å²) in [5.74, 6) is -0.247. The van der Waals surface area contributed by atoms with Gasteiger partial charge in [0.15, 0.2) is 11.5 Å². The first-order valence-corrected chi connectivity index (χ1v) is 6.15. The molecule has 0 fully saturated rings. The fourth-order valence-electron chi connectivity index (χ4n) is 2.08. The van der Waals surface area contributed by atoms with Crippen LogP contribution in [0.15, 0.2) is 30.0 Å². The molecule has 0 heterocycles. The van der Waals surface area contributed by atoms with E-state index in [0.717, 1.165) is 24.8 Å². The van der Waals surface area contributed by atoms with E-state index in [9.17, 15) is 9.59 Å². The van der Waals surface area contributed by atoms with E-state index >= 15 is 0 Å². The average Bonchev–Trinajstić information content (AvgIpc) is 2.40. The molecule has 3 nitrogen and oxygen atoms in total. The Morgan fingerprint density at radius 2 is 1.94 bits per heavy atom. The molecule has 18 heavy (non-hydrogen) atoms. The van der Waals surface area contributed by atoms with E-state index in [4.69, 9.17) is 4.74 Å². The minimum absolute atomic E-state index is 0.119. The number of aryl methyl sites for hydroxylation is 1. The molecule has 2 rings (SSSR count). The molecule has 1 aliphatic rings. The van der Waals surface area contributed by atoms with Gasteiger partial charge in [0.25, 0.3) is 0 Å². The zero-order valence-electron chi connectivity index (χ0n) is 10.7. The van der Waals surface area contributed by atoms with Crippen molar-refractivity contribution in [2.24, 2.45) is 0 Å². The van der Waals surface area contributed by atoms with E-state index in [1.54, 1.807) is 6.07 Å². The van der Waals surface area contributed by atoms with Crippen molar-refractivity contribution < 1.29 is 14.3 Å². The summed E-state index contributed by atoms with van der Waals surface area (Å²) in [6, 6.07) is 5.47. The summed E-state index contributed by atoms with van der Waals surface area (Å²) in [5.41, 5.74) is 2.04. The van der Waals surface area contributed by atoms with Crippen molar-refractivity contribution in [3.8, 4) is 0 Å². The van der Waals surface area contributed by atoms with Gasteiger partial charge in [0.05, 0.1) is 7.11 Å². The molecule has 0 saturated carbocycles. The van der Waals surface area contributed by atoms with Crippen molar-refractivity contribution in [2.45, 2.75) is 26.2 Å². The number of carbonyl (C=O) groups is 2. The molecular weight excluding hydrogens is 228 g/mol. The summed E-state index contributed by atoms with van der Waals surface area (Å²) in [4.78, 5) is 23.9. The molecule has 1 aromatic rings. The third kappa shape index (κ3) is 2.21. The van der Waals surface area contributed by atoms with Gasteiger partial charge in [-0.3, -0.25) is 9.59 Å². The predicted molar refractivity (Wildman–Crippen MR) is 68.8 cm³/mol. The molecule has 0 saturated heterocycles. The molecule has 0 N–H and O–H groups in total. The number of unbranched alkanes of at least 4 members (excludes halogenated alkanes) is 1. The minimum Gasteiger partial charge on any atom is -0.492 e. The van der Waals surface area contributed by atoms with E-state index in [-0.39, 0.29) is 17.3 Å². The Balaban J connectivity index is 2.37. The van der Waals surface area contributed by atoms with Crippen LogP contribution in [0.3, 0.4) is 0 Å². The first-order chi connectivity index (χ1) is 8.67. The average molecular weight is 244 g/mol. The van der Waals surface area contributed by atoms with Gasteiger partial charge in [0, 0.05) is 17.2 Å². The van der Waals surface area contributed by atoms with Crippen molar-refractivity contribution in [1.29, 1.82) is 0 Å². The summed E-state index contributed by atoms with van der Waals surface area (Å²) < 4.78 is 4.92. The standard InChI is InChI=1S/C15H16O3/c1-3-4-5-10-6-7-11-12(8-10)13(16)9-14(18-2)15(11)17/h6-9H,3-5H2,1-2H3. The molecule has 1 aliphatic carbocycles. The molecule has 0 bridgehead atoms. The highest BCUT2D eigenvalue weighted by molar-refractivity contribution is 6.23. The van der Waals surface area contributed by atoms with Crippen LogP contribution in [0.25, 0.3) is 0 Å². The normalized spacial score (nSPS) is 14.2. The second kappa shape index (κ2) is 5.17. The summed E-state index contributed by atoms with van der Waals surface area (Å²) >= 11 is 0. The largest absolute Gasteiger partial charge is 0.492 e. The molecule has 3 heteroatoms. The Morgan fingerprint density at radius 3 is 2.61 bits per heavy atom. The Morgan fingerprint density at radius 1 is 1.17 bits per heavy atom. The number of rotatable bonds is 4. The predicted octanol–water partition coefficient (Wildman–Crippen LogP) is 2.94. The second-order valence-corrected chi connectivity index (χ2v) is 4.39. The van der Waals surface area contributed by atoms with Crippen LogP contribution in [0.4, 0.5) is 0 Å². The maximum atomic E-state index is 12.0. The monoisotopic (exact) mass is 244 g/mol. The Hall–Kier alpha value is -1.90. The van der Waals surface area contributed by atoms with Crippen molar-refractivity contribution in [3.05, 3.63) is 46.7 Å². The summed E-state index contributed by atoms with van der Waals surface area (Å²) in [7, 11) is 1.40. The number of Topliss-reactive ketones (excluding diaryl/α,β-unsaturated/α-hetero) is 1. The van der Waals surface area contributed by atoms with E-state index in [2.05, 4.69) is 6.92 Å².